The molecular weight excluding hydrogens is 366 g/mol. The van der Waals surface area contributed by atoms with Crippen LogP contribution in [-0.2, 0) is 4.79 Å². The molecule has 1 saturated heterocycles. The fraction of sp³-hybridized carbons (Fsp3) is 0.391. The van der Waals surface area contributed by atoms with Crippen LogP contribution in [0.1, 0.15) is 37.0 Å². The van der Waals surface area contributed by atoms with Crippen molar-refractivity contribution >= 4 is 23.2 Å². The zero-order valence-electron chi connectivity index (χ0n) is 17.4. The highest BCUT2D eigenvalue weighted by Crippen LogP contribution is 2.24. The van der Waals surface area contributed by atoms with E-state index >= 15 is 0 Å². The largest absolute Gasteiger partial charge is 0.494 e. The molecule has 2 aromatic rings. The summed E-state index contributed by atoms with van der Waals surface area (Å²) in [7, 11) is 1.86. The normalized spacial score (nSPS) is 15.8. The van der Waals surface area contributed by atoms with Crippen LogP contribution in [0, 0.1) is 0 Å². The summed E-state index contributed by atoms with van der Waals surface area (Å²) in [5.74, 6) is 0.719. The molecule has 0 bridgehead atoms. The predicted molar refractivity (Wildman–Crippen MR) is 116 cm³/mol. The first kappa shape index (κ1) is 20.7. The van der Waals surface area contributed by atoms with Gasteiger partial charge in [-0.05, 0) is 61.4 Å². The number of rotatable bonds is 7. The number of nitrogens with zero attached hydrogens (tertiary/aromatic N) is 2. The average Bonchev–Trinajstić information content (AvgIpc) is 3.22. The van der Waals surface area contributed by atoms with Crippen molar-refractivity contribution in [1.82, 2.24) is 4.90 Å². The van der Waals surface area contributed by atoms with E-state index in [1.807, 2.05) is 48.3 Å². The van der Waals surface area contributed by atoms with Gasteiger partial charge in [0.2, 0.25) is 5.91 Å². The maximum atomic E-state index is 12.5. The van der Waals surface area contributed by atoms with Crippen molar-refractivity contribution in [2.24, 2.45) is 0 Å². The number of hydrogen-bond acceptors (Lipinski definition) is 4. The van der Waals surface area contributed by atoms with Crippen LogP contribution in [0.5, 0.6) is 5.75 Å². The molecular formula is C23H29N3O3. The smallest absolute Gasteiger partial charge is 0.255 e. The molecule has 1 aliphatic heterocycles. The minimum Gasteiger partial charge on any atom is -0.494 e. The van der Waals surface area contributed by atoms with E-state index in [0.717, 1.165) is 43.1 Å². The minimum absolute atomic E-state index is 0.0971. The van der Waals surface area contributed by atoms with Crippen molar-refractivity contribution in [3.8, 4) is 5.75 Å². The van der Waals surface area contributed by atoms with Crippen LogP contribution in [0.4, 0.5) is 11.4 Å². The molecule has 0 aromatic heterocycles. The first-order valence-corrected chi connectivity index (χ1v) is 10.1. The fourth-order valence-electron chi connectivity index (χ4n) is 3.43. The van der Waals surface area contributed by atoms with E-state index in [1.54, 1.807) is 19.1 Å². The SMILES string of the molecule is CCCOc1ccc(C(=O)Nc2ccc(N3CCC(N(C)C(C)=O)C3)cc2)cc1. The van der Waals surface area contributed by atoms with E-state index in [0.29, 0.717) is 12.2 Å². The van der Waals surface area contributed by atoms with E-state index in [1.165, 1.54) is 0 Å². The number of nitrogens with one attached hydrogen (secondary N) is 1. The van der Waals surface area contributed by atoms with E-state index in [4.69, 9.17) is 4.74 Å². The molecule has 6 heteroatoms. The van der Waals surface area contributed by atoms with Crippen molar-refractivity contribution in [1.29, 1.82) is 0 Å². The summed E-state index contributed by atoms with van der Waals surface area (Å²) in [6.07, 6.45) is 1.91. The maximum Gasteiger partial charge on any atom is 0.255 e. The van der Waals surface area contributed by atoms with Gasteiger partial charge in [-0.15, -0.1) is 0 Å². The molecule has 2 aromatic carbocycles. The van der Waals surface area contributed by atoms with Gasteiger partial charge >= 0.3 is 0 Å². The molecule has 6 nitrogen and oxygen atoms in total. The number of benzene rings is 2. The van der Waals surface area contributed by atoms with Crippen LogP contribution >= 0.6 is 0 Å². The first-order chi connectivity index (χ1) is 14.0. The van der Waals surface area contributed by atoms with Crippen LogP contribution in [0.15, 0.2) is 48.5 Å². The average molecular weight is 396 g/mol. The summed E-state index contributed by atoms with van der Waals surface area (Å²) in [5, 5.41) is 2.93. The van der Waals surface area contributed by atoms with Gasteiger partial charge in [-0.1, -0.05) is 6.92 Å². The number of carbonyl (C=O) groups excluding carboxylic acids is 2. The first-order valence-electron chi connectivity index (χ1n) is 10.1. The van der Waals surface area contributed by atoms with Gasteiger partial charge in [-0.2, -0.15) is 0 Å². The van der Waals surface area contributed by atoms with Crippen molar-refractivity contribution in [2.45, 2.75) is 32.7 Å². The second-order valence-electron chi connectivity index (χ2n) is 7.39. The number of amides is 2. The standard InChI is InChI=1S/C23H29N3O3/c1-4-15-29-22-11-5-18(6-12-22)23(28)24-19-7-9-20(10-8-19)26-14-13-21(16-26)25(3)17(2)27/h5-12,21H,4,13-16H2,1-3H3,(H,24,28). The van der Waals surface area contributed by atoms with Gasteiger partial charge in [-0.3, -0.25) is 9.59 Å². The van der Waals surface area contributed by atoms with Crippen molar-refractivity contribution in [3.63, 3.8) is 0 Å². The number of hydrogen-bond donors (Lipinski definition) is 1. The van der Waals surface area contributed by atoms with Crippen molar-refractivity contribution in [2.75, 3.05) is 37.0 Å². The van der Waals surface area contributed by atoms with Crippen molar-refractivity contribution in [3.05, 3.63) is 54.1 Å². The fourth-order valence-corrected chi connectivity index (χ4v) is 3.43. The third kappa shape index (κ3) is 5.28. The molecule has 1 N–H and O–H groups in total. The molecule has 29 heavy (non-hydrogen) atoms. The number of carbonyl (C=O) groups is 2. The monoisotopic (exact) mass is 395 g/mol. The Labute approximate surface area is 172 Å². The molecule has 0 radical (unpaired) electrons. The lowest BCUT2D eigenvalue weighted by Gasteiger charge is -2.24. The van der Waals surface area contributed by atoms with Crippen molar-refractivity contribution < 1.29 is 14.3 Å². The molecule has 0 spiro atoms. The lowest BCUT2D eigenvalue weighted by atomic mass is 10.2. The summed E-state index contributed by atoms with van der Waals surface area (Å²) >= 11 is 0. The Morgan fingerprint density at radius 3 is 2.45 bits per heavy atom. The minimum atomic E-state index is -0.149. The molecule has 154 valence electrons. The quantitative estimate of drug-likeness (QED) is 0.775. The summed E-state index contributed by atoms with van der Waals surface area (Å²) in [6.45, 7) is 6.07. The highest BCUT2D eigenvalue weighted by atomic mass is 16.5. The molecule has 1 aliphatic rings. The van der Waals surface area contributed by atoms with E-state index in [-0.39, 0.29) is 17.9 Å². The van der Waals surface area contributed by atoms with E-state index in [9.17, 15) is 9.59 Å². The lowest BCUT2D eigenvalue weighted by Crippen LogP contribution is -2.37. The Hall–Kier alpha value is -3.02. The van der Waals surface area contributed by atoms with Crippen LogP contribution in [-0.4, -0.2) is 49.5 Å². The highest BCUT2D eigenvalue weighted by molar-refractivity contribution is 6.04. The van der Waals surface area contributed by atoms with Gasteiger partial charge in [0.15, 0.2) is 0 Å². The summed E-state index contributed by atoms with van der Waals surface area (Å²) < 4.78 is 5.55. The second kappa shape index (κ2) is 9.45. The number of ether oxygens (including phenoxy) is 1. The molecule has 1 heterocycles. The lowest BCUT2D eigenvalue weighted by molar-refractivity contribution is -0.129. The molecule has 1 unspecified atom stereocenters. The molecule has 2 amide bonds. The van der Waals surface area contributed by atoms with Crippen LogP contribution < -0.4 is 15.0 Å². The summed E-state index contributed by atoms with van der Waals surface area (Å²) in [4.78, 5) is 28.1. The molecule has 1 atom stereocenters. The Kier molecular flexibility index (Phi) is 6.75. The molecule has 0 saturated carbocycles. The maximum absolute atomic E-state index is 12.5. The number of likely N-dealkylation sites (N-methyl/N-ethyl adjacent to an activating group) is 1. The van der Waals surface area contributed by atoms with Crippen LogP contribution in [0.25, 0.3) is 0 Å². The van der Waals surface area contributed by atoms with Crippen LogP contribution in [0.2, 0.25) is 0 Å². The van der Waals surface area contributed by atoms with Gasteiger partial charge in [0.1, 0.15) is 5.75 Å². The molecule has 3 rings (SSSR count). The number of anilines is 2. The highest BCUT2D eigenvalue weighted by Gasteiger charge is 2.27. The van der Waals surface area contributed by atoms with Gasteiger partial charge in [0.25, 0.3) is 5.91 Å². The van der Waals surface area contributed by atoms with Gasteiger partial charge in [0, 0.05) is 44.0 Å². The van der Waals surface area contributed by atoms with E-state index < -0.39 is 0 Å². The third-order valence-electron chi connectivity index (χ3n) is 5.29. The summed E-state index contributed by atoms with van der Waals surface area (Å²) in [6, 6.07) is 15.2. The Morgan fingerprint density at radius 1 is 1.14 bits per heavy atom. The Morgan fingerprint density at radius 2 is 1.83 bits per heavy atom. The topological polar surface area (TPSA) is 61.9 Å². The molecule has 1 fully saturated rings. The zero-order valence-corrected chi connectivity index (χ0v) is 17.4. The third-order valence-corrected chi connectivity index (χ3v) is 5.29. The second-order valence-corrected chi connectivity index (χ2v) is 7.39. The Balaban J connectivity index is 1.56. The van der Waals surface area contributed by atoms with Gasteiger partial charge < -0.3 is 19.9 Å². The summed E-state index contributed by atoms with van der Waals surface area (Å²) in [5.41, 5.74) is 2.44. The zero-order chi connectivity index (χ0) is 20.8. The van der Waals surface area contributed by atoms with E-state index in [2.05, 4.69) is 17.1 Å². The molecule has 0 aliphatic carbocycles. The van der Waals surface area contributed by atoms with Gasteiger partial charge in [-0.25, -0.2) is 0 Å². The predicted octanol–water partition coefficient (Wildman–Crippen LogP) is 3.78. The Bertz CT molecular complexity index is 833. The van der Waals surface area contributed by atoms with Gasteiger partial charge in [0.05, 0.1) is 12.6 Å². The van der Waals surface area contributed by atoms with Crippen LogP contribution in [0.3, 0.4) is 0 Å².